The Morgan fingerprint density at radius 1 is 0.903 bits per heavy atom. The van der Waals surface area contributed by atoms with Gasteiger partial charge in [-0.1, -0.05) is 55.0 Å². The molecule has 1 aliphatic carbocycles. The molecule has 3 aromatic carbocycles. The fourth-order valence-corrected chi connectivity index (χ4v) is 5.87. The van der Waals surface area contributed by atoms with E-state index in [1.54, 1.807) is 7.11 Å². The van der Waals surface area contributed by atoms with Crippen molar-refractivity contribution in [2.75, 3.05) is 12.0 Å². The van der Waals surface area contributed by atoms with E-state index in [1.165, 1.54) is 41.8 Å². The maximum Gasteiger partial charge on any atom is 0.191 e. The molecule has 1 saturated carbocycles. The van der Waals surface area contributed by atoms with Gasteiger partial charge in [-0.2, -0.15) is 0 Å². The minimum absolute atomic E-state index is 0.323. The van der Waals surface area contributed by atoms with Crippen LogP contribution in [-0.4, -0.2) is 12.8 Å². The summed E-state index contributed by atoms with van der Waals surface area (Å²) >= 11 is 0. The highest BCUT2D eigenvalue weighted by Crippen LogP contribution is 2.59. The van der Waals surface area contributed by atoms with Crippen molar-refractivity contribution in [2.24, 2.45) is 5.92 Å². The summed E-state index contributed by atoms with van der Waals surface area (Å²) in [5.41, 5.74) is 4.67. The van der Waals surface area contributed by atoms with Crippen LogP contribution in [0.5, 0.6) is 11.5 Å². The van der Waals surface area contributed by atoms with Gasteiger partial charge in [0.2, 0.25) is 0 Å². The molecule has 31 heavy (non-hydrogen) atoms. The van der Waals surface area contributed by atoms with Gasteiger partial charge in [0.15, 0.2) is 5.72 Å². The predicted octanol–water partition coefficient (Wildman–Crippen LogP) is 6.62. The van der Waals surface area contributed by atoms with E-state index in [-0.39, 0.29) is 5.72 Å². The lowest BCUT2D eigenvalue weighted by Crippen LogP contribution is -2.59. The molecular formula is C28H27NO2. The van der Waals surface area contributed by atoms with E-state index in [9.17, 15) is 0 Å². The zero-order chi connectivity index (χ0) is 20.8. The van der Waals surface area contributed by atoms with Crippen LogP contribution >= 0.6 is 0 Å². The molecule has 0 aromatic heterocycles. The minimum atomic E-state index is -0.327. The van der Waals surface area contributed by atoms with Crippen molar-refractivity contribution >= 4 is 11.4 Å². The van der Waals surface area contributed by atoms with Gasteiger partial charge in [-0.05, 0) is 60.4 Å². The van der Waals surface area contributed by atoms with Crippen LogP contribution in [-0.2, 0) is 0 Å². The van der Waals surface area contributed by atoms with Crippen LogP contribution in [0.1, 0.15) is 42.7 Å². The third kappa shape index (κ3) is 2.79. The standard InChI is InChI=1S/C28H27NO2/c1-30-22-16-14-21(15-17-22)26-19-23(20-9-3-2-4-10-20)24-11-7-8-18-28(24)29(26)25-12-5-6-13-27(25)31-28/h2-6,9-10,12-17,19,23-24H,7-8,11,18H2,1H3/t23-,24-,28-/m1/s1. The normalized spacial score (nSPS) is 26.2. The Hall–Kier alpha value is -3.20. The second-order valence-electron chi connectivity index (χ2n) is 8.82. The number of hydrogen-bond acceptors (Lipinski definition) is 3. The summed E-state index contributed by atoms with van der Waals surface area (Å²) < 4.78 is 12.3. The van der Waals surface area contributed by atoms with Crippen LogP contribution in [0.15, 0.2) is 84.9 Å². The van der Waals surface area contributed by atoms with Gasteiger partial charge in [0, 0.05) is 24.0 Å². The molecule has 3 atom stereocenters. The largest absolute Gasteiger partial charge is 0.497 e. The van der Waals surface area contributed by atoms with Gasteiger partial charge in [-0.25, -0.2) is 0 Å². The van der Waals surface area contributed by atoms with E-state index >= 15 is 0 Å². The summed E-state index contributed by atoms with van der Waals surface area (Å²) in [5, 5.41) is 0. The molecule has 0 bridgehead atoms. The van der Waals surface area contributed by atoms with Gasteiger partial charge in [0.1, 0.15) is 11.5 Å². The third-order valence-electron chi connectivity index (χ3n) is 7.23. The SMILES string of the molecule is COc1ccc(C2=C[C@H](c3ccccc3)[C@H]3CCCC[C@@]34Oc3ccccc3N24)cc1. The first-order chi connectivity index (χ1) is 15.3. The monoisotopic (exact) mass is 409 g/mol. The number of anilines is 1. The molecule has 0 saturated heterocycles. The summed E-state index contributed by atoms with van der Waals surface area (Å²) in [5.74, 6) is 2.62. The predicted molar refractivity (Wildman–Crippen MR) is 124 cm³/mol. The second kappa shape index (κ2) is 7.19. The molecule has 0 unspecified atom stereocenters. The zero-order valence-electron chi connectivity index (χ0n) is 17.8. The number of fused-ring (bicyclic) bond motifs is 2. The van der Waals surface area contributed by atoms with Crippen molar-refractivity contribution in [3.8, 4) is 11.5 Å². The van der Waals surface area contributed by atoms with Crippen LogP contribution in [0.25, 0.3) is 5.70 Å². The average Bonchev–Trinajstić information content (AvgIpc) is 3.17. The molecule has 0 radical (unpaired) electrons. The van der Waals surface area contributed by atoms with E-state index < -0.39 is 0 Å². The Morgan fingerprint density at radius 2 is 1.68 bits per heavy atom. The summed E-state index contributed by atoms with van der Waals surface area (Å²) in [6.07, 6.45) is 7.16. The summed E-state index contributed by atoms with van der Waals surface area (Å²) in [6, 6.07) is 27.9. The third-order valence-corrected chi connectivity index (χ3v) is 7.23. The lowest BCUT2D eigenvalue weighted by atomic mass is 9.68. The van der Waals surface area contributed by atoms with Gasteiger partial charge in [-0.3, -0.25) is 4.90 Å². The minimum Gasteiger partial charge on any atom is -0.497 e. The van der Waals surface area contributed by atoms with Gasteiger partial charge in [0.05, 0.1) is 12.8 Å². The zero-order valence-corrected chi connectivity index (χ0v) is 17.8. The van der Waals surface area contributed by atoms with Crippen molar-refractivity contribution in [3.63, 3.8) is 0 Å². The smallest absolute Gasteiger partial charge is 0.191 e. The van der Waals surface area contributed by atoms with Crippen LogP contribution in [0, 0.1) is 5.92 Å². The molecule has 0 N–H and O–H groups in total. The van der Waals surface area contributed by atoms with Crippen LogP contribution in [0.3, 0.4) is 0 Å². The Morgan fingerprint density at radius 3 is 2.48 bits per heavy atom. The number of methoxy groups -OCH3 is 1. The maximum absolute atomic E-state index is 6.91. The van der Waals surface area contributed by atoms with E-state index in [4.69, 9.17) is 9.47 Å². The Balaban J connectivity index is 1.58. The molecule has 3 heteroatoms. The van der Waals surface area contributed by atoms with Crippen molar-refractivity contribution in [2.45, 2.75) is 37.3 Å². The number of allylic oxidation sites excluding steroid dienone is 1. The molecule has 1 spiro atoms. The summed E-state index contributed by atoms with van der Waals surface area (Å²) in [7, 11) is 1.71. The van der Waals surface area contributed by atoms with E-state index in [0.717, 1.165) is 17.9 Å². The Kier molecular flexibility index (Phi) is 4.31. The quantitative estimate of drug-likeness (QED) is 0.485. The number of ether oxygens (including phenoxy) is 2. The number of rotatable bonds is 3. The van der Waals surface area contributed by atoms with Crippen molar-refractivity contribution in [3.05, 3.63) is 96.1 Å². The van der Waals surface area contributed by atoms with Crippen molar-refractivity contribution in [1.82, 2.24) is 0 Å². The van der Waals surface area contributed by atoms with Crippen molar-refractivity contribution < 1.29 is 9.47 Å². The maximum atomic E-state index is 6.91. The van der Waals surface area contributed by atoms with Gasteiger partial charge < -0.3 is 9.47 Å². The van der Waals surface area contributed by atoms with E-state index in [0.29, 0.717) is 11.8 Å². The first-order valence-electron chi connectivity index (χ1n) is 11.3. The fourth-order valence-electron chi connectivity index (χ4n) is 5.87. The first-order valence-corrected chi connectivity index (χ1v) is 11.3. The van der Waals surface area contributed by atoms with E-state index in [2.05, 4.69) is 89.8 Å². The highest BCUT2D eigenvalue weighted by Gasteiger charge is 2.58. The van der Waals surface area contributed by atoms with Gasteiger partial charge in [0.25, 0.3) is 0 Å². The van der Waals surface area contributed by atoms with Crippen molar-refractivity contribution in [1.29, 1.82) is 0 Å². The molecular weight excluding hydrogens is 382 g/mol. The second-order valence-corrected chi connectivity index (χ2v) is 8.82. The highest BCUT2D eigenvalue weighted by molar-refractivity contribution is 5.87. The fraction of sp³-hybridized carbons (Fsp3) is 0.286. The van der Waals surface area contributed by atoms with Crippen LogP contribution in [0.2, 0.25) is 0 Å². The molecule has 2 heterocycles. The molecule has 2 aliphatic heterocycles. The molecule has 1 fully saturated rings. The molecule has 6 rings (SSSR count). The summed E-state index contributed by atoms with van der Waals surface area (Å²) in [4.78, 5) is 2.51. The molecule has 156 valence electrons. The van der Waals surface area contributed by atoms with Crippen LogP contribution in [0.4, 0.5) is 5.69 Å². The molecule has 3 nitrogen and oxygen atoms in total. The average molecular weight is 410 g/mol. The molecule has 3 aromatic rings. The number of para-hydroxylation sites is 2. The topological polar surface area (TPSA) is 21.7 Å². The summed E-state index contributed by atoms with van der Waals surface area (Å²) in [6.45, 7) is 0. The number of nitrogens with zero attached hydrogens (tertiary/aromatic N) is 1. The van der Waals surface area contributed by atoms with E-state index in [1.807, 2.05) is 0 Å². The molecule has 0 amide bonds. The van der Waals surface area contributed by atoms with Gasteiger partial charge >= 0.3 is 0 Å². The lowest BCUT2D eigenvalue weighted by molar-refractivity contribution is -0.0119. The Bertz CT molecular complexity index is 1120. The first kappa shape index (κ1) is 18.6. The Labute approximate surface area is 183 Å². The number of benzene rings is 3. The highest BCUT2D eigenvalue weighted by atomic mass is 16.5. The van der Waals surface area contributed by atoms with Crippen LogP contribution < -0.4 is 14.4 Å². The molecule has 3 aliphatic rings. The van der Waals surface area contributed by atoms with Gasteiger partial charge in [-0.15, -0.1) is 0 Å². The number of hydrogen-bond donors (Lipinski definition) is 0. The lowest BCUT2D eigenvalue weighted by Gasteiger charge is -2.52.